The van der Waals surface area contributed by atoms with E-state index in [4.69, 9.17) is 0 Å². The predicted molar refractivity (Wildman–Crippen MR) is 347 cm³/mol. The zero-order chi connectivity index (χ0) is 66.3. The first-order valence-electron chi connectivity index (χ1n) is 26.6. The molecule has 12 aromatic rings. The van der Waals surface area contributed by atoms with Crippen LogP contribution in [0.3, 0.4) is 0 Å². The molecule has 0 aliphatic rings. The van der Waals surface area contributed by atoms with E-state index >= 15 is 0 Å². The van der Waals surface area contributed by atoms with Gasteiger partial charge in [0.1, 0.15) is 60.7 Å². The van der Waals surface area contributed by atoms with Gasteiger partial charge in [0.15, 0.2) is 0 Å². The highest BCUT2D eigenvalue weighted by atomic mass is 32.2. The molecule has 0 amide bonds. The van der Waals surface area contributed by atoms with Crippen LogP contribution >= 0.6 is 0 Å². The molecule has 0 spiro atoms. The number of aryl methyl sites for hydroxylation is 6. The first kappa shape index (κ1) is 71.7. The van der Waals surface area contributed by atoms with Crippen molar-refractivity contribution in [3.05, 3.63) is 252 Å². The van der Waals surface area contributed by atoms with E-state index in [1.54, 1.807) is 122 Å². The third-order valence-electron chi connectivity index (χ3n) is 13.9. The summed E-state index contributed by atoms with van der Waals surface area (Å²) >= 11 is 0. The Morgan fingerprint density at radius 1 is 0.220 bits per heavy atom. The zero-order valence-electron chi connectivity index (χ0n) is 48.6. The topological polar surface area (TPSA) is 343 Å². The van der Waals surface area contributed by atoms with Crippen LogP contribution in [0.15, 0.2) is 248 Å². The van der Waals surface area contributed by atoms with Gasteiger partial charge in [-0.15, -0.1) is 0 Å². The van der Waals surface area contributed by atoms with Gasteiger partial charge in [-0.1, -0.05) is 188 Å². The van der Waals surface area contributed by atoms with Crippen molar-refractivity contribution in [2.45, 2.75) is 78.3 Å². The van der Waals surface area contributed by atoms with Crippen molar-refractivity contribution >= 4 is 125 Å². The molecule has 0 atom stereocenters. The van der Waals surface area contributed by atoms with Gasteiger partial charge in [0.25, 0.3) is 0 Å². The Balaban J connectivity index is 0.000000173. The van der Waals surface area contributed by atoms with E-state index in [1.165, 1.54) is 48.5 Å². The highest BCUT2D eigenvalue weighted by molar-refractivity contribution is 7.87. The Labute approximate surface area is 529 Å². The molecule has 0 saturated heterocycles. The summed E-state index contributed by atoms with van der Waals surface area (Å²) in [6.45, 7) is 11.3. The van der Waals surface area contributed by atoms with Crippen LogP contribution in [-0.4, -0.2) is 77.8 Å². The highest BCUT2D eigenvalue weighted by Crippen LogP contribution is 2.29. The summed E-state index contributed by atoms with van der Waals surface area (Å²) in [6.07, 6.45) is 0. The van der Waals surface area contributed by atoms with E-state index in [0.29, 0.717) is 21.5 Å². The molecule has 0 fully saturated rings. The Bertz CT molecular complexity index is 5360. The Hall–Kier alpha value is -8.34. The fourth-order valence-corrected chi connectivity index (χ4v) is 13.5. The maximum Gasteiger partial charge on any atom is 0.125 e. The van der Waals surface area contributed by atoms with E-state index in [2.05, 4.69) is 0 Å². The number of rotatable bonds is 6. The third kappa shape index (κ3) is 18.7. The molecule has 24 heteroatoms. The van der Waals surface area contributed by atoms with Crippen molar-refractivity contribution in [1.29, 1.82) is 0 Å². The number of hydrogen-bond acceptors (Lipinski definition) is 18. The van der Waals surface area contributed by atoms with Gasteiger partial charge in [-0.05, 0) is 177 Å². The molecular weight excluding hydrogens is 1290 g/mol. The second-order valence-electron chi connectivity index (χ2n) is 20.5. The molecule has 0 aliphatic carbocycles. The third-order valence-corrected chi connectivity index (χ3v) is 19.1. The average Bonchev–Trinajstić information content (AvgIpc) is 1.28. The molecule has 0 saturated carbocycles. The van der Waals surface area contributed by atoms with Crippen molar-refractivity contribution in [2.75, 3.05) is 0 Å². The maximum atomic E-state index is 11.0. The molecule has 18 nitrogen and oxygen atoms in total. The maximum absolute atomic E-state index is 11.0. The van der Waals surface area contributed by atoms with Crippen molar-refractivity contribution in [3.8, 4) is 0 Å². The van der Waals surface area contributed by atoms with E-state index < -0.39 is 60.7 Å². The zero-order valence-corrected chi connectivity index (χ0v) is 53.5. The van der Waals surface area contributed by atoms with Crippen LogP contribution in [0.5, 0.6) is 0 Å². The lowest BCUT2D eigenvalue weighted by molar-refractivity contribution is 0.461. The molecule has 0 unspecified atom stereocenters. The van der Waals surface area contributed by atoms with Crippen molar-refractivity contribution in [1.82, 2.24) is 0 Å². The van der Waals surface area contributed by atoms with Gasteiger partial charge in [-0.25, -0.2) is 50.5 Å². The van der Waals surface area contributed by atoms with Gasteiger partial charge in [-0.2, -0.15) is 0 Å². The lowest BCUT2D eigenvalue weighted by Crippen LogP contribution is -2.00. The molecule has 91 heavy (non-hydrogen) atoms. The Morgan fingerprint density at radius 3 is 1.09 bits per heavy atom. The Kier molecular flexibility index (Phi) is 22.8. The minimum absolute atomic E-state index is 0. The molecule has 476 valence electrons. The molecule has 12 aromatic carbocycles. The van der Waals surface area contributed by atoms with Crippen LogP contribution in [0.25, 0.3) is 64.6 Å². The molecule has 12 rings (SSSR count). The van der Waals surface area contributed by atoms with E-state index in [9.17, 15) is 77.8 Å². The number of fused-ring (bicyclic) bond motifs is 6. The highest BCUT2D eigenvalue weighted by Gasteiger charge is 2.12. The molecule has 0 radical (unpaired) electrons. The minimum atomic E-state index is -4.40. The second-order valence-corrected chi connectivity index (χ2v) is 28.7. The van der Waals surface area contributed by atoms with E-state index in [-0.39, 0.29) is 36.8 Å². The van der Waals surface area contributed by atoms with Crippen LogP contribution in [0.1, 0.15) is 40.8 Å². The Morgan fingerprint density at radius 2 is 0.538 bits per heavy atom. The van der Waals surface area contributed by atoms with Crippen LogP contribution in [-0.2, 0) is 60.7 Å². The fourth-order valence-electron chi connectivity index (χ4n) is 9.59. The first-order valence-corrected chi connectivity index (χ1v) is 35.1. The van der Waals surface area contributed by atoms with Gasteiger partial charge in [0.05, 0.1) is 29.4 Å². The van der Waals surface area contributed by atoms with E-state index in [1.807, 2.05) is 89.2 Å². The standard InChI is InChI=1S/6C11H10O3S.CH4/c1-8-4-2-6-10-9(8)5-3-7-11(10)15(12,13)14;1-8-2-3-10-7-11(15(12,13)14)5-4-9(10)6-8;1-8-5-6-10-9(7-8)3-2-4-11(10)15(12,13)14;1-8-3-2-4-9-7-10(15(12,13)14)5-6-11(8)9;1-8-6-9-4-2-3-5-10(9)11(7-8)15(12,13)14;1-8-6-7-11(15(12,13)14)10-5-3-2-4-9(8)10;/h6*2-7H,1H3,(H,12,13,14);1H4/p-6. The summed E-state index contributed by atoms with van der Waals surface area (Å²) in [5.74, 6) is 0. The van der Waals surface area contributed by atoms with Crippen molar-refractivity contribution in [3.63, 3.8) is 0 Å². The average molecular weight is 1340 g/mol. The number of benzene rings is 12. The first-order chi connectivity index (χ1) is 41.9. The smallest absolute Gasteiger partial charge is 0.125 e. The predicted octanol–water partition coefficient (Wildman–Crippen LogP) is 13.0. The fraction of sp³-hybridized carbons (Fsp3) is 0.104. The molecule has 0 aliphatic heterocycles. The summed E-state index contributed by atoms with van der Waals surface area (Å²) in [7, 11) is -26.3. The molecule has 0 heterocycles. The minimum Gasteiger partial charge on any atom is -0.744 e. The van der Waals surface area contributed by atoms with Crippen molar-refractivity contribution in [2.24, 2.45) is 0 Å². The van der Waals surface area contributed by atoms with Crippen LogP contribution in [0.4, 0.5) is 0 Å². The molecular formula is C67H58O18S6-6. The van der Waals surface area contributed by atoms with Gasteiger partial charge in [0, 0.05) is 0 Å². The summed E-state index contributed by atoms with van der Waals surface area (Å²) in [4.78, 5) is -0.954. The van der Waals surface area contributed by atoms with E-state index in [0.717, 1.165) is 76.5 Å². The van der Waals surface area contributed by atoms with Gasteiger partial charge < -0.3 is 27.3 Å². The molecule has 0 N–H and O–H groups in total. The van der Waals surface area contributed by atoms with Crippen molar-refractivity contribution < 1.29 is 77.8 Å². The summed E-state index contributed by atoms with van der Waals surface area (Å²) < 4.78 is 197. The normalized spacial score (nSPS) is 11.7. The molecule has 0 bridgehead atoms. The summed E-state index contributed by atoms with van der Waals surface area (Å²) in [5.41, 5.74) is 5.87. The van der Waals surface area contributed by atoms with Gasteiger partial charge >= 0.3 is 0 Å². The SMILES string of the molecule is C.Cc1cc(S(=O)(=O)[O-])c2ccccc2c1.Cc1ccc(S(=O)(=O)[O-])c2ccccc12.Cc1ccc2c(S(=O)(=O)[O-])cccc2c1.Cc1ccc2cc(S(=O)(=O)[O-])ccc2c1.Cc1cccc2c(S(=O)(=O)[O-])cccc12.Cc1cccc2cc(S(=O)(=O)[O-])ccc12. The largest absolute Gasteiger partial charge is 0.744 e. The summed E-state index contributed by atoms with van der Waals surface area (Å²) in [5, 5.41) is 8.52. The molecule has 0 aromatic heterocycles. The quantitative estimate of drug-likeness (QED) is 0.140. The van der Waals surface area contributed by atoms with Gasteiger partial charge in [-0.3, -0.25) is 0 Å². The number of hydrogen-bond donors (Lipinski definition) is 0. The lowest BCUT2D eigenvalue weighted by Gasteiger charge is -2.11. The lowest BCUT2D eigenvalue weighted by atomic mass is 10.1. The van der Waals surface area contributed by atoms with Crippen LogP contribution < -0.4 is 0 Å². The second kappa shape index (κ2) is 28.9. The van der Waals surface area contributed by atoms with Gasteiger partial charge in [0.2, 0.25) is 0 Å². The summed E-state index contributed by atoms with van der Waals surface area (Å²) in [6, 6.07) is 60.2. The monoisotopic (exact) mass is 1340 g/mol. The van der Waals surface area contributed by atoms with Crippen LogP contribution in [0.2, 0.25) is 0 Å². The van der Waals surface area contributed by atoms with Crippen LogP contribution in [0, 0.1) is 41.5 Å².